The van der Waals surface area contributed by atoms with Crippen molar-refractivity contribution in [3.63, 3.8) is 0 Å². The van der Waals surface area contributed by atoms with E-state index in [1.165, 1.54) is 50.5 Å². The normalized spacial score (nSPS) is 18.6. The van der Waals surface area contributed by atoms with Crippen LogP contribution in [-0.4, -0.2) is 42.5 Å². The van der Waals surface area contributed by atoms with Gasteiger partial charge in [0.2, 0.25) is 5.91 Å². The summed E-state index contributed by atoms with van der Waals surface area (Å²) in [5.41, 5.74) is 1.48. The number of amides is 3. The zero-order chi connectivity index (χ0) is 17.2. The molecule has 2 aliphatic carbocycles. The van der Waals surface area contributed by atoms with E-state index >= 15 is 0 Å². The minimum atomic E-state index is -0.0969. The zero-order valence-corrected chi connectivity index (χ0v) is 15.1. The van der Waals surface area contributed by atoms with Gasteiger partial charge in [-0.3, -0.25) is 4.79 Å². The first-order valence-electron chi connectivity index (χ1n) is 9.63. The van der Waals surface area contributed by atoms with Gasteiger partial charge >= 0.3 is 6.03 Å². The van der Waals surface area contributed by atoms with E-state index in [1.807, 2.05) is 4.90 Å². The Morgan fingerprint density at radius 3 is 2.58 bits per heavy atom. The van der Waals surface area contributed by atoms with E-state index in [0.29, 0.717) is 19.1 Å². The maximum absolute atomic E-state index is 11.9. The Hall–Kier alpha value is -1.52. The fraction of sp³-hybridized carbons (Fsp3) is 0.789. The Morgan fingerprint density at radius 1 is 1.12 bits per heavy atom. The molecule has 0 heterocycles. The van der Waals surface area contributed by atoms with Crippen LogP contribution in [0.15, 0.2) is 11.6 Å². The molecule has 0 unspecified atom stereocenters. The lowest BCUT2D eigenvalue weighted by molar-refractivity contribution is -0.128. The highest BCUT2D eigenvalue weighted by atomic mass is 16.2. The van der Waals surface area contributed by atoms with Crippen LogP contribution in [0.4, 0.5) is 4.79 Å². The fourth-order valence-corrected chi connectivity index (χ4v) is 3.62. The SMILES string of the molecule is CC(=O)N(CCNC(=O)NC1CCCCC1)CCC1=CCCCC1. The molecule has 1 fully saturated rings. The molecule has 5 heteroatoms. The van der Waals surface area contributed by atoms with Gasteiger partial charge < -0.3 is 15.5 Å². The van der Waals surface area contributed by atoms with Gasteiger partial charge in [0.1, 0.15) is 0 Å². The minimum Gasteiger partial charge on any atom is -0.341 e. The van der Waals surface area contributed by atoms with E-state index in [4.69, 9.17) is 0 Å². The number of allylic oxidation sites excluding steroid dienone is 1. The minimum absolute atomic E-state index is 0.0842. The van der Waals surface area contributed by atoms with Crippen molar-refractivity contribution < 1.29 is 9.59 Å². The predicted octanol–water partition coefficient (Wildman–Crippen LogP) is 3.36. The Morgan fingerprint density at radius 2 is 1.92 bits per heavy atom. The molecule has 0 aliphatic heterocycles. The standard InChI is InChI=1S/C19H33N3O2/c1-16(23)22(14-12-17-8-4-2-5-9-17)15-13-20-19(24)21-18-10-6-3-7-11-18/h8,18H,2-7,9-15H2,1H3,(H2,20,21,24). The van der Waals surface area contributed by atoms with E-state index in [-0.39, 0.29) is 11.9 Å². The summed E-state index contributed by atoms with van der Waals surface area (Å²) in [6.45, 7) is 3.46. The first kappa shape index (κ1) is 18.8. The molecule has 0 aromatic carbocycles. The Kier molecular flexibility index (Phi) is 8.13. The molecule has 0 radical (unpaired) electrons. The second-order valence-electron chi connectivity index (χ2n) is 7.10. The number of nitrogens with one attached hydrogen (secondary N) is 2. The van der Waals surface area contributed by atoms with Crippen molar-refractivity contribution in [1.29, 1.82) is 0 Å². The smallest absolute Gasteiger partial charge is 0.315 e. The molecule has 0 aromatic heterocycles. The van der Waals surface area contributed by atoms with Crippen molar-refractivity contribution in [2.45, 2.75) is 77.2 Å². The first-order valence-corrected chi connectivity index (χ1v) is 9.63. The van der Waals surface area contributed by atoms with Crippen molar-refractivity contribution >= 4 is 11.9 Å². The van der Waals surface area contributed by atoms with Gasteiger partial charge in [-0.15, -0.1) is 0 Å². The predicted molar refractivity (Wildman–Crippen MR) is 96.8 cm³/mol. The van der Waals surface area contributed by atoms with Crippen LogP contribution in [0.1, 0.15) is 71.1 Å². The lowest BCUT2D eigenvalue weighted by Crippen LogP contribution is -2.45. The van der Waals surface area contributed by atoms with Gasteiger partial charge in [0, 0.05) is 32.6 Å². The summed E-state index contributed by atoms with van der Waals surface area (Å²) >= 11 is 0. The molecular weight excluding hydrogens is 302 g/mol. The van der Waals surface area contributed by atoms with Gasteiger partial charge in [0.05, 0.1) is 0 Å². The molecule has 0 aromatic rings. The highest BCUT2D eigenvalue weighted by Crippen LogP contribution is 2.20. The number of urea groups is 1. The summed E-state index contributed by atoms with van der Waals surface area (Å²) in [4.78, 5) is 25.6. The van der Waals surface area contributed by atoms with Crippen molar-refractivity contribution in [1.82, 2.24) is 15.5 Å². The molecule has 2 aliphatic rings. The van der Waals surface area contributed by atoms with Gasteiger partial charge in [-0.05, 0) is 44.9 Å². The summed E-state index contributed by atoms with van der Waals surface area (Å²) in [5, 5.41) is 5.94. The number of hydrogen-bond donors (Lipinski definition) is 2. The summed E-state index contributed by atoms with van der Waals surface area (Å²) in [6, 6.07) is 0.223. The largest absolute Gasteiger partial charge is 0.341 e. The topological polar surface area (TPSA) is 61.4 Å². The highest BCUT2D eigenvalue weighted by molar-refractivity contribution is 5.75. The molecule has 1 saturated carbocycles. The third-order valence-corrected chi connectivity index (χ3v) is 5.14. The lowest BCUT2D eigenvalue weighted by atomic mass is 9.96. The van der Waals surface area contributed by atoms with Crippen LogP contribution >= 0.6 is 0 Å². The van der Waals surface area contributed by atoms with Gasteiger partial charge in [0.15, 0.2) is 0 Å². The maximum atomic E-state index is 11.9. The molecule has 24 heavy (non-hydrogen) atoms. The van der Waals surface area contributed by atoms with Gasteiger partial charge in [-0.2, -0.15) is 0 Å². The molecule has 0 saturated heterocycles. The Balaban J connectivity index is 1.64. The number of rotatable bonds is 7. The number of nitrogens with zero attached hydrogens (tertiary/aromatic N) is 1. The quantitative estimate of drug-likeness (QED) is 0.701. The number of carbonyl (C=O) groups excluding carboxylic acids is 2. The highest BCUT2D eigenvalue weighted by Gasteiger charge is 2.16. The van der Waals surface area contributed by atoms with Crippen LogP contribution < -0.4 is 10.6 Å². The summed E-state index contributed by atoms with van der Waals surface area (Å²) in [5.74, 6) is 0.0842. The van der Waals surface area contributed by atoms with Gasteiger partial charge in [-0.25, -0.2) is 4.79 Å². The van der Waals surface area contributed by atoms with E-state index in [9.17, 15) is 9.59 Å². The van der Waals surface area contributed by atoms with Crippen LogP contribution in [0.25, 0.3) is 0 Å². The zero-order valence-electron chi connectivity index (χ0n) is 15.1. The first-order chi connectivity index (χ1) is 11.6. The van der Waals surface area contributed by atoms with Crippen LogP contribution in [0, 0.1) is 0 Å². The van der Waals surface area contributed by atoms with Crippen molar-refractivity contribution in [3.05, 3.63) is 11.6 Å². The van der Waals surface area contributed by atoms with E-state index in [2.05, 4.69) is 16.7 Å². The summed E-state index contributed by atoms with van der Waals surface area (Å²) < 4.78 is 0. The van der Waals surface area contributed by atoms with Crippen molar-refractivity contribution in [2.75, 3.05) is 19.6 Å². The fourth-order valence-electron chi connectivity index (χ4n) is 3.62. The van der Waals surface area contributed by atoms with Crippen LogP contribution in [0.2, 0.25) is 0 Å². The van der Waals surface area contributed by atoms with Crippen LogP contribution in [0.3, 0.4) is 0 Å². The average molecular weight is 335 g/mol. The molecule has 3 amide bonds. The number of hydrogen-bond acceptors (Lipinski definition) is 2. The molecule has 5 nitrogen and oxygen atoms in total. The summed E-state index contributed by atoms with van der Waals surface area (Å²) in [7, 11) is 0. The molecule has 136 valence electrons. The van der Waals surface area contributed by atoms with Crippen molar-refractivity contribution in [2.24, 2.45) is 0 Å². The van der Waals surface area contributed by atoms with Gasteiger partial charge in [0.25, 0.3) is 0 Å². The average Bonchev–Trinajstić information content (AvgIpc) is 2.59. The monoisotopic (exact) mass is 335 g/mol. The molecule has 0 bridgehead atoms. The second-order valence-corrected chi connectivity index (χ2v) is 7.10. The third kappa shape index (κ3) is 6.93. The lowest BCUT2D eigenvalue weighted by Gasteiger charge is -2.25. The van der Waals surface area contributed by atoms with Crippen LogP contribution in [-0.2, 0) is 4.79 Å². The van der Waals surface area contributed by atoms with Crippen molar-refractivity contribution in [3.8, 4) is 0 Å². The maximum Gasteiger partial charge on any atom is 0.315 e. The third-order valence-electron chi connectivity index (χ3n) is 5.14. The van der Waals surface area contributed by atoms with Gasteiger partial charge in [-0.1, -0.05) is 30.9 Å². The molecule has 0 atom stereocenters. The van der Waals surface area contributed by atoms with E-state index in [1.54, 1.807) is 6.92 Å². The molecular formula is C19H33N3O2. The summed E-state index contributed by atoms with van der Waals surface area (Å²) in [6.07, 6.45) is 14.1. The Labute approximate surface area is 146 Å². The van der Waals surface area contributed by atoms with Crippen LogP contribution in [0.5, 0.6) is 0 Å². The van der Waals surface area contributed by atoms with E-state index < -0.39 is 0 Å². The molecule has 0 spiro atoms. The van der Waals surface area contributed by atoms with E-state index in [0.717, 1.165) is 25.8 Å². The molecule has 2 rings (SSSR count). The Bertz CT molecular complexity index is 442. The number of carbonyl (C=O) groups is 2. The second kappa shape index (κ2) is 10.4. The molecule has 2 N–H and O–H groups in total.